The summed E-state index contributed by atoms with van der Waals surface area (Å²) in [6.07, 6.45) is 0. The van der Waals surface area contributed by atoms with Crippen molar-refractivity contribution in [3.8, 4) is 6.07 Å². The van der Waals surface area contributed by atoms with Crippen LogP contribution in [0.2, 0.25) is 0 Å². The highest BCUT2D eigenvalue weighted by molar-refractivity contribution is 8.23. The fraction of sp³-hybridized carbons (Fsp3) is 0.333. The van der Waals surface area contributed by atoms with Crippen molar-refractivity contribution in [3.05, 3.63) is 33.9 Å². The van der Waals surface area contributed by atoms with Crippen molar-refractivity contribution in [2.75, 3.05) is 13.1 Å². The second-order valence-electron chi connectivity index (χ2n) is 3.59. The molecule has 0 amide bonds. The number of thioether (sulfide) groups is 1. The fourth-order valence-corrected chi connectivity index (χ4v) is 2.93. The topological polar surface area (TPSA) is 70.2 Å². The summed E-state index contributed by atoms with van der Waals surface area (Å²) < 4.78 is 0.595. The van der Waals surface area contributed by atoms with Crippen LogP contribution in [0, 0.1) is 21.4 Å². The molecule has 0 fully saturated rings. The van der Waals surface area contributed by atoms with Gasteiger partial charge < -0.3 is 4.90 Å². The van der Waals surface area contributed by atoms with Crippen LogP contribution in [-0.2, 0) is 0 Å². The van der Waals surface area contributed by atoms with Crippen LogP contribution in [0.15, 0.2) is 23.1 Å². The van der Waals surface area contributed by atoms with Crippen molar-refractivity contribution < 1.29 is 4.92 Å². The maximum Gasteiger partial charge on any atom is 0.284 e. The molecule has 1 aromatic rings. The van der Waals surface area contributed by atoms with Gasteiger partial charge in [0.2, 0.25) is 0 Å². The average molecular weight is 295 g/mol. The van der Waals surface area contributed by atoms with Crippen LogP contribution in [-0.4, -0.2) is 27.2 Å². The van der Waals surface area contributed by atoms with Gasteiger partial charge in [-0.2, -0.15) is 5.26 Å². The quantitative estimate of drug-likeness (QED) is 0.368. The molecule has 0 heterocycles. The summed E-state index contributed by atoms with van der Waals surface area (Å²) in [5, 5.41) is 19.8. The largest absolute Gasteiger partial charge is 0.358 e. The molecule has 0 N–H and O–H groups in total. The van der Waals surface area contributed by atoms with Crippen LogP contribution < -0.4 is 0 Å². The third kappa shape index (κ3) is 3.91. The Kier molecular flexibility index (Phi) is 5.73. The zero-order valence-electron chi connectivity index (χ0n) is 10.6. The fourth-order valence-electron chi connectivity index (χ4n) is 1.46. The molecule has 0 atom stereocenters. The highest BCUT2D eigenvalue weighted by atomic mass is 32.2. The molecule has 0 spiro atoms. The Hall–Kier alpha value is -1.65. The van der Waals surface area contributed by atoms with Crippen LogP contribution in [0.1, 0.15) is 19.4 Å². The van der Waals surface area contributed by atoms with Gasteiger partial charge in [-0.15, -0.1) is 0 Å². The molecule has 1 aromatic carbocycles. The molecular weight excluding hydrogens is 282 g/mol. The number of nitro groups is 1. The van der Waals surface area contributed by atoms with Crippen molar-refractivity contribution in [3.63, 3.8) is 0 Å². The number of hydrogen-bond acceptors (Lipinski definition) is 5. The van der Waals surface area contributed by atoms with Gasteiger partial charge in [-0.25, -0.2) is 0 Å². The van der Waals surface area contributed by atoms with E-state index < -0.39 is 4.92 Å². The molecule has 0 saturated carbocycles. The van der Waals surface area contributed by atoms with E-state index in [9.17, 15) is 10.1 Å². The van der Waals surface area contributed by atoms with E-state index in [4.69, 9.17) is 17.5 Å². The minimum absolute atomic E-state index is 0.0847. The van der Waals surface area contributed by atoms with E-state index in [1.54, 1.807) is 12.1 Å². The lowest BCUT2D eigenvalue weighted by atomic mass is 10.2. The molecule has 0 bridgehead atoms. The first-order valence-corrected chi connectivity index (χ1v) is 6.91. The first kappa shape index (κ1) is 15.4. The van der Waals surface area contributed by atoms with Gasteiger partial charge in [0.15, 0.2) is 0 Å². The van der Waals surface area contributed by atoms with Gasteiger partial charge >= 0.3 is 0 Å². The van der Waals surface area contributed by atoms with E-state index in [1.807, 2.05) is 24.8 Å². The molecule has 100 valence electrons. The maximum absolute atomic E-state index is 11.0. The Balaban J connectivity index is 3.04. The molecule has 0 aliphatic carbocycles. The van der Waals surface area contributed by atoms with Gasteiger partial charge in [-0.05, 0) is 26.0 Å². The van der Waals surface area contributed by atoms with Crippen LogP contribution >= 0.6 is 24.0 Å². The first-order chi connectivity index (χ1) is 9.03. The highest BCUT2D eigenvalue weighted by Crippen LogP contribution is 2.31. The van der Waals surface area contributed by atoms with Crippen LogP contribution in [0.3, 0.4) is 0 Å². The zero-order chi connectivity index (χ0) is 14.4. The molecule has 7 heteroatoms. The minimum atomic E-state index is -0.492. The predicted octanol–water partition coefficient (Wildman–Crippen LogP) is 3.19. The van der Waals surface area contributed by atoms with E-state index in [1.165, 1.54) is 17.8 Å². The van der Waals surface area contributed by atoms with Crippen LogP contribution in [0.5, 0.6) is 0 Å². The van der Waals surface area contributed by atoms with E-state index in [0.29, 0.717) is 9.22 Å². The number of benzene rings is 1. The highest BCUT2D eigenvalue weighted by Gasteiger charge is 2.18. The standard InChI is InChI=1S/C12H13N3O2S2/c1-3-14(4-2)12(18)19-11-6-5-9(8-13)7-10(11)15(16)17/h5-7H,3-4H2,1-2H3. The second-order valence-corrected chi connectivity index (χ2v) is 5.27. The summed E-state index contributed by atoms with van der Waals surface area (Å²) >= 11 is 6.45. The zero-order valence-corrected chi connectivity index (χ0v) is 12.3. The van der Waals surface area contributed by atoms with E-state index in [-0.39, 0.29) is 11.3 Å². The molecule has 0 saturated heterocycles. The number of nitro benzene ring substituents is 1. The molecule has 0 unspecified atom stereocenters. The monoisotopic (exact) mass is 295 g/mol. The van der Waals surface area contributed by atoms with Gasteiger partial charge in [-0.1, -0.05) is 24.0 Å². The molecule has 1 rings (SSSR count). The Morgan fingerprint density at radius 1 is 1.53 bits per heavy atom. The number of hydrogen-bond donors (Lipinski definition) is 0. The molecular formula is C12H13N3O2S2. The Morgan fingerprint density at radius 2 is 2.16 bits per heavy atom. The molecule has 0 radical (unpaired) electrons. The lowest BCUT2D eigenvalue weighted by Crippen LogP contribution is -2.26. The number of rotatable bonds is 4. The average Bonchev–Trinajstić information content (AvgIpc) is 2.40. The third-order valence-corrected chi connectivity index (χ3v) is 4.01. The summed E-state index contributed by atoms with van der Waals surface area (Å²) in [4.78, 5) is 12.9. The summed E-state index contributed by atoms with van der Waals surface area (Å²) in [7, 11) is 0. The normalized spacial score (nSPS) is 9.74. The van der Waals surface area contributed by atoms with Gasteiger partial charge in [0, 0.05) is 19.2 Å². The lowest BCUT2D eigenvalue weighted by Gasteiger charge is -2.20. The third-order valence-electron chi connectivity index (χ3n) is 2.50. The van der Waals surface area contributed by atoms with Gasteiger partial charge in [-0.3, -0.25) is 10.1 Å². The number of nitriles is 1. The Labute approximate surface area is 121 Å². The van der Waals surface area contributed by atoms with E-state index in [2.05, 4.69) is 0 Å². The second kappa shape index (κ2) is 7.07. The van der Waals surface area contributed by atoms with E-state index >= 15 is 0 Å². The summed E-state index contributed by atoms with van der Waals surface area (Å²) in [6.45, 7) is 5.46. The van der Waals surface area contributed by atoms with Crippen molar-refractivity contribution in [1.29, 1.82) is 5.26 Å². The first-order valence-electron chi connectivity index (χ1n) is 5.68. The van der Waals surface area contributed by atoms with Crippen LogP contribution in [0.25, 0.3) is 0 Å². The Morgan fingerprint density at radius 3 is 2.63 bits per heavy atom. The molecule has 0 aliphatic heterocycles. The van der Waals surface area contributed by atoms with Gasteiger partial charge in [0.1, 0.15) is 4.32 Å². The molecule has 5 nitrogen and oxygen atoms in total. The number of thiocarbonyl (C=S) groups is 1. The summed E-state index contributed by atoms with van der Waals surface area (Å²) in [6, 6.07) is 6.28. The van der Waals surface area contributed by atoms with Gasteiger partial charge in [0.25, 0.3) is 5.69 Å². The van der Waals surface area contributed by atoms with Crippen molar-refractivity contribution in [1.82, 2.24) is 4.90 Å². The van der Waals surface area contributed by atoms with Crippen molar-refractivity contribution in [2.24, 2.45) is 0 Å². The van der Waals surface area contributed by atoms with E-state index in [0.717, 1.165) is 13.1 Å². The molecule has 0 aliphatic rings. The van der Waals surface area contributed by atoms with Crippen molar-refractivity contribution in [2.45, 2.75) is 18.7 Å². The molecule has 19 heavy (non-hydrogen) atoms. The molecule has 0 aromatic heterocycles. The smallest absolute Gasteiger partial charge is 0.284 e. The minimum Gasteiger partial charge on any atom is -0.358 e. The van der Waals surface area contributed by atoms with Crippen molar-refractivity contribution >= 4 is 34.0 Å². The SMILES string of the molecule is CCN(CC)C(=S)Sc1ccc(C#N)cc1[N+](=O)[O-]. The van der Waals surface area contributed by atoms with Crippen LogP contribution in [0.4, 0.5) is 5.69 Å². The van der Waals surface area contributed by atoms with Gasteiger partial charge in [0.05, 0.1) is 21.5 Å². The number of nitrogens with zero attached hydrogens (tertiary/aromatic N) is 3. The predicted molar refractivity (Wildman–Crippen MR) is 79.2 cm³/mol. The summed E-state index contributed by atoms with van der Waals surface area (Å²) in [5.41, 5.74) is 0.184. The maximum atomic E-state index is 11.0. The lowest BCUT2D eigenvalue weighted by molar-refractivity contribution is -0.387. The summed E-state index contributed by atoms with van der Waals surface area (Å²) in [5.74, 6) is 0. The Bertz CT molecular complexity index is 536.